The molecule has 1 aromatic heterocycles. The molecule has 0 fully saturated rings. The zero-order chi connectivity index (χ0) is 39.6. The van der Waals surface area contributed by atoms with Gasteiger partial charge in [-0.25, -0.2) is 4.98 Å². The van der Waals surface area contributed by atoms with E-state index in [2.05, 4.69) is 235 Å². The fourth-order valence-corrected chi connectivity index (χ4v) is 10.1. The van der Waals surface area contributed by atoms with Crippen molar-refractivity contribution >= 4 is 27.8 Å². The quantitative estimate of drug-likeness (QED) is 0.174. The van der Waals surface area contributed by atoms with E-state index in [1.807, 2.05) is 0 Å². The van der Waals surface area contributed by atoms with Crippen molar-refractivity contribution in [1.29, 1.82) is 0 Å². The molecule has 1 aliphatic heterocycles. The Kier molecular flexibility index (Phi) is 7.79. The molecule has 2 aliphatic rings. The highest BCUT2D eigenvalue weighted by atomic mass is 15.2. The zero-order valence-corrected chi connectivity index (χ0v) is 32.8. The van der Waals surface area contributed by atoms with Crippen LogP contribution in [0.1, 0.15) is 22.3 Å². The van der Waals surface area contributed by atoms with Crippen molar-refractivity contribution in [3.8, 4) is 55.9 Å². The van der Waals surface area contributed by atoms with Gasteiger partial charge >= 0.3 is 0 Å². The Hall–Kier alpha value is -7.81. The predicted octanol–water partition coefficient (Wildman–Crippen LogP) is 15.0. The molecule has 9 aromatic carbocycles. The molecular formula is C58H38N2. The van der Waals surface area contributed by atoms with Gasteiger partial charge in [0.05, 0.1) is 28.2 Å². The van der Waals surface area contributed by atoms with Crippen molar-refractivity contribution in [3.05, 3.63) is 253 Å². The molecule has 0 amide bonds. The van der Waals surface area contributed by atoms with E-state index < -0.39 is 5.41 Å². The molecule has 0 radical (unpaired) electrons. The molecule has 0 bridgehead atoms. The summed E-state index contributed by atoms with van der Waals surface area (Å²) in [5, 5.41) is 2.48. The third-order valence-corrected chi connectivity index (χ3v) is 12.7. The van der Waals surface area contributed by atoms with Crippen molar-refractivity contribution in [1.82, 2.24) is 4.98 Å². The minimum Gasteiger partial charge on any atom is -0.310 e. The topological polar surface area (TPSA) is 16.1 Å². The highest BCUT2D eigenvalue weighted by molar-refractivity contribution is 6.03. The summed E-state index contributed by atoms with van der Waals surface area (Å²) in [4.78, 5) is 7.98. The van der Waals surface area contributed by atoms with Crippen LogP contribution in [0.25, 0.3) is 66.7 Å². The van der Waals surface area contributed by atoms with Crippen LogP contribution in [0.15, 0.2) is 231 Å². The number of anilines is 3. The summed E-state index contributed by atoms with van der Waals surface area (Å²) in [5.41, 5.74) is 19.3. The van der Waals surface area contributed by atoms with E-state index in [0.29, 0.717) is 0 Å². The summed E-state index contributed by atoms with van der Waals surface area (Å²) in [6.45, 7) is 0. The first kappa shape index (κ1) is 34.3. The number of fused-ring (bicyclic) bond motifs is 10. The predicted molar refractivity (Wildman–Crippen MR) is 249 cm³/mol. The van der Waals surface area contributed by atoms with Gasteiger partial charge in [0.25, 0.3) is 0 Å². The van der Waals surface area contributed by atoms with Crippen LogP contribution in [-0.2, 0) is 5.41 Å². The van der Waals surface area contributed by atoms with Crippen LogP contribution in [0.2, 0.25) is 0 Å². The molecule has 2 nitrogen and oxygen atoms in total. The number of hydrogen-bond acceptors (Lipinski definition) is 2. The van der Waals surface area contributed by atoms with Crippen LogP contribution in [-0.4, -0.2) is 4.98 Å². The lowest BCUT2D eigenvalue weighted by atomic mass is 9.64. The lowest BCUT2D eigenvalue weighted by Crippen LogP contribution is -2.36. The van der Waals surface area contributed by atoms with E-state index in [9.17, 15) is 0 Å². The number of aromatic nitrogens is 1. The molecule has 2 heteroatoms. The van der Waals surface area contributed by atoms with Crippen molar-refractivity contribution in [2.24, 2.45) is 0 Å². The first-order valence-electron chi connectivity index (χ1n) is 20.7. The van der Waals surface area contributed by atoms with E-state index in [-0.39, 0.29) is 0 Å². The Bertz CT molecular complexity index is 3150. The third kappa shape index (κ3) is 5.11. The molecule has 0 saturated carbocycles. The van der Waals surface area contributed by atoms with Gasteiger partial charge in [0.2, 0.25) is 0 Å². The monoisotopic (exact) mass is 762 g/mol. The highest BCUT2D eigenvalue weighted by Gasteiger charge is 2.52. The van der Waals surface area contributed by atoms with Gasteiger partial charge in [0.1, 0.15) is 0 Å². The number of hydrogen-bond donors (Lipinski definition) is 0. The van der Waals surface area contributed by atoms with E-state index in [1.165, 1.54) is 66.7 Å². The van der Waals surface area contributed by atoms with Gasteiger partial charge in [-0.15, -0.1) is 0 Å². The van der Waals surface area contributed by atoms with Crippen LogP contribution in [0.4, 0.5) is 17.1 Å². The van der Waals surface area contributed by atoms with Crippen molar-refractivity contribution < 1.29 is 0 Å². The molecule has 12 rings (SSSR count). The largest absolute Gasteiger partial charge is 0.310 e. The average Bonchev–Trinajstić information content (AvgIpc) is 3.62. The normalized spacial score (nSPS) is 13.1. The SMILES string of the molecule is c1ccc(-c2cc(-c3ccccc3)nc(-c3cccc4c3-c3cc(-c5cccc6ccccc56)ccc3C43c4ccccc4N(c4ccccc4)c4ccccc43)c2)cc1. The Morgan fingerprint density at radius 2 is 0.900 bits per heavy atom. The summed E-state index contributed by atoms with van der Waals surface area (Å²) in [6, 6.07) is 84.2. The second-order valence-corrected chi connectivity index (χ2v) is 15.8. The van der Waals surface area contributed by atoms with Gasteiger partial charge < -0.3 is 4.90 Å². The minimum absolute atomic E-state index is 0.601. The fraction of sp³-hybridized carbons (Fsp3) is 0.0172. The Balaban J connectivity index is 1.19. The lowest BCUT2D eigenvalue weighted by molar-refractivity contribution is 0.753. The summed E-state index contributed by atoms with van der Waals surface area (Å²) in [6.07, 6.45) is 0. The number of pyridine rings is 1. The van der Waals surface area contributed by atoms with Crippen molar-refractivity contribution in [3.63, 3.8) is 0 Å². The van der Waals surface area contributed by atoms with Crippen LogP contribution < -0.4 is 4.90 Å². The van der Waals surface area contributed by atoms with Crippen molar-refractivity contribution in [2.45, 2.75) is 5.41 Å². The lowest BCUT2D eigenvalue weighted by Gasteiger charge is -2.45. The van der Waals surface area contributed by atoms with Gasteiger partial charge in [-0.05, 0) is 109 Å². The van der Waals surface area contributed by atoms with Gasteiger partial charge in [-0.2, -0.15) is 0 Å². The van der Waals surface area contributed by atoms with Crippen LogP contribution in [0.5, 0.6) is 0 Å². The molecule has 0 unspecified atom stereocenters. The Labute approximate surface area is 350 Å². The molecule has 1 aliphatic carbocycles. The maximum atomic E-state index is 5.54. The van der Waals surface area contributed by atoms with Gasteiger partial charge in [0.15, 0.2) is 0 Å². The maximum Gasteiger partial charge on any atom is 0.0754 e. The summed E-state index contributed by atoms with van der Waals surface area (Å²) in [5.74, 6) is 0. The smallest absolute Gasteiger partial charge is 0.0754 e. The van der Waals surface area contributed by atoms with E-state index in [1.54, 1.807) is 0 Å². The molecule has 60 heavy (non-hydrogen) atoms. The molecule has 280 valence electrons. The molecule has 10 aromatic rings. The molecule has 0 N–H and O–H groups in total. The van der Waals surface area contributed by atoms with Crippen molar-refractivity contribution in [2.75, 3.05) is 4.90 Å². The standard InChI is InChI=1S/C58H38N2/c1-4-18-39(19-5-1)43-37-53(41-21-6-2-7-22-41)59-54(38-43)47-28-17-31-52-57(47)48-36-42(46-27-16-23-40-20-10-11-26-45(40)46)34-35-49(48)58(52)50-29-12-14-32-55(50)60(44-24-8-3-9-25-44)56-33-15-13-30-51(56)58/h1-38H. The fourth-order valence-electron chi connectivity index (χ4n) is 10.1. The van der Waals surface area contributed by atoms with E-state index >= 15 is 0 Å². The molecule has 1 spiro atoms. The Morgan fingerprint density at radius 1 is 0.333 bits per heavy atom. The second-order valence-electron chi connectivity index (χ2n) is 15.8. The molecule has 0 saturated heterocycles. The summed E-state index contributed by atoms with van der Waals surface area (Å²) >= 11 is 0. The highest BCUT2D eigenvalue weighted by Crippen LogP contribution is 2.65. The second kappa shape index (κ2) is 13.7. The number of para-hydroxylation sites is 3. The Morgan fingerprint density at radius 3 is 1.65 bits per heavy atom. The molecule has 2 heterocycles. The van der Waals surface area contributed by atoms with Gasteiger partial charge in [0, 0.05) is 16.8 Å². The number of nitrogens with zero attached hydrogens (tertiary/aromatic N) is 2. The molecule has 0 atom stereocenters. The molecular weight excluding hydrogens is 725 g/mol. The minimum atomic E-state index is -0.601. The van der Waals surface area contributed by atoms with E-state index in [4.69, 9.17) is 4.98 Å². The first-order valence-corrected chi connectivity index (χ1v) is 20.7. The van der Waals surface area contributed by atoms with Crippen LogP contribution in [0, 0.1) is 0 Å². The van der Waals surface area contributed by atoms with Crippen LogP contribution >= 0.6 is 0 Å². The first-order chi connectivity index (χ1) is 29.8. The maximum absolute atomic E-state index is 5.54. The summed E-state index contributed by atoms with van der Waals surface area (Å²) in [7, 11) is 0. The number of benzene rings is 9. The number of rotatable bonds is 5. The average molecular weight is 763 g/mol. The van der Waals surface area contributed by atoms with Crippen LogP contribution in [0.3, 0.4) is 0 Å². The summed E-state index contributed by atoms with van der Waals surface area (Å²) < 4.78 is 0. The third-order valence-electron chi connectivity index (χ3n) is 12.7. The van der Waals surface area contributed by atoms with Gasteiger partial charge in [-0.1, -0.05) is 188 Å². The van der Waals surface area contributed by atoms with E-state index in [0.717, 1.165) is 39.3 Å². The zero-order valence-electron chi connectivity index (χ0n) is 32.8. The van der Waals surface area contributed by atoms with Gasteiger partial charge in [-0.3, -0.25) is 0 Å².